The molecule has 25 atom stereocenters. The van der Waals surface area contributed by atoms with E-state index in [1.807, 2.05) is 119 Å². The van der Waals surface area contributed by atoms with Crippen LogP contribution in [0.3, 0.4) is 0 Å². The lowest BCUT2D eigenvalue weighted by molar-refractivity contribution is -0.189. The smallest absolute Gasteiger partial charge is 0.400 e. The minimum absolute atomic E-state index is 0. The maximum absolute atomic E-state index is 11.9. The zero-order valence-electron chi connectivity index (χ0n) is 68.1. The lowest BCUT2D eigenvalue weighted by Crippen LogP contribution is -2.58. The number of nitrogens with two attached hydrogens (primary N) is 1. The number of aliphatic carboxylic acids is 1. The van der Waals surface area contributed by atoms with Crippen LogP contribution in [0.25, 0.3) is 0 Å². The summed E-state index contributed by atoms with van der Waals surface area (Å²) in [7, 11) is 6.84. The van der Waals surface area contributed by atoms with Gasteiger partial charge in [0.1, 0.15) is 43.5 Å². The summed E-state index contributed by atoms with van der Waals surface area (Å²) in [5.74, 6) is -1.46. The van der Waals surface area contributed by atoms with Gasteiger partial charge < -0.3 is 84.1 Å². The van der Waals surface area contributed by atoms with Crippen LogP contribution in [0.2, 0.25) is 0 Å². The first-order valence-electron chi connectivity index (χ1n) is 36.8. The average Bonchev–Trinajstić information content (AvgIpc) is 1.13. The van der Waals surface area contributed by atoms with Crippen LogP contribution in [-0.2, 0) is 114 Å². The fraction of sp³-hybridized carbons (Fsp3) is 0.904. The molecule has 13 unspecified atom stereocenters. The zero-order valence-corrected chi connectivity index (χ0v) is 70.6. The van der Waals surface area contributed by atoms with Crippen LogP contribution >= 0.6 is 0 Å². The summed E-state index contributed by atoms with van der Waals surface area (Å²) in [5, 5.41) is 31.0. The van der Waals surface area contributed by atoms with E-state index in [0.29, 0.717) is 39.1 Å². The van der Waals surface area contributed by atoms with Crippen LogP contribution in [0, 0.1) is 0 Å². The second-order valence-corrected chi connectivity index (χ2v) is 32.5. The lowest BCUT2D eigenvalue weighted by Gasteiger charge is -2.44. The molecular weight excluding hydrogens is 1550 g/mol. The first-order valence-corrected chi connectivity index (χ1v) is 40.8. The third-order valence-electron chi connectivity index (χ3n) is 19.2. The second-order valence-electron chi connectivity index (χ2n) is 27.9. The molecule has 0 aromatic rings. The maximum Gasteiger partial charge on any atom is 0.400 e. The van der Waals surface area contributed by atoms with Gasteiger partial charge in [-0.2, -0.15) is 29.6 Å². The minimum atomic E-state index is -3.93. The average molecular weight is 1700 g/mol. The Morgan fingerprint density at radius 1 is 0.602 bits per heavy atom. The molecule has 9 fully saturated rings. The number of nitrogens with one attached hydrogen (secondary N) is 3. The van der Waals surface area contributed by atoms with Gasteiger partial charge in [-0.15, -0.1) is 0 Å². The molecule has 10 heterocycles. The number of carbonyl (C=O) groups excluding carboxylic acids is 2. The van der Waals surface area contributed by atoms with Crippen molar-refractivity contribution in [1.29, 1.82) is 0 Å². The number of rotatable bonds is 10. The predicted molar refractivity (Wildman–Crippen MR) is 432 cm³/mol. The quantitative estimate of drug-likeness (QED) is 0.0639. The van der Waals surface area contributed by atoms with Crippen molar-refractivity contribution in [2.24, 2.45) is 5.73 Å². The van der Waals surface area contributed by atoms with Gasteiger partial charge in [-0.25, -0.2) is 23.4 Å². The number of likely N-dealkylation sites (N-methyl/N-ethyl adjacent to an activating group) is 6. The van der Waals surface area contributed by atoms with E-state index in [9.17, 15) is 44.7 Å². The van der Waals surface area contributed by atoms with Gasteiger partial charge in [0, 0.05) is 71.2 Å². The topological polar surface area (TPSA) is 434 Å². The first kappa shape index (κ1) is 116. The number of hydrogen-bond donors (Lipinski definition) is 7. The molecule has 0 spiro atoms. The van der Waals surface area contributed by atoms with Crippen LogP contribution in [-0.4, -0.2) is 344 Å². The molecule has 0 radical (unpaired) electrons. The molecule has 0 aliphatic carbocycles. The van der Waals surface area contributed by atoms with Gasteiger partial charge in [-0.1, -0.05) is 41.6 Å². The Morgan fingerprint density at radius 3 is 1.48 bits per heavy atom. The number of aliphatic hydroxyl groups excluding tert-OH is 1. The molecular formula is C73H154N10O27S3. The summed E-state index contributed by atoms with van der Waals surface area (Å²) in [4.78, 5) is 46.1. The van der Waals surface area contributed by atoms with Gasteiger partial charge in [-0.05, 0) is 178 Å². The summed E-state index contributed by atoms with van der Waals surface area (Å²) in [5.41, 5.74) is 6.25. The number of carboxylic acid groups (broad SMARTS) is 1. The van der Waals surface area contributed by atoms with Crippen LogP contribution in [0.4, 0.5) is 0 Å². The van der Waals surface area contributed by atoms with Crippen molar-refractivity contribution >= 4 is 48.9 Å². The summed E-state index contributed by atoms with van der Waals surface area (Å²) in [6.45, 7) is 28.8. The van der Waals surface area contributed by atoms with Gasteiger partial charge in [0.05, 0.1) is 131 Å². The number of aliphatic hydroxyl groups is 1. The van der Waals surface area contributed by atoms with Crippen molar-refractivity contribution < 1.29 is 124 Å². The van der Waals surface area contributed by atoms with Crippen molar-refractivity contribution in [1.82, 2.24) is 44.5 Å². The standard InChI is InChI=1S/C13H23NO4.C11H17NO3.C10H20N2O5S.C10H20N2O4S.C9H19NO5S.C8H17NO2.C5H8O3.CH5NO.CH5N.5CH4/c1-5-16-11-7-12(15)18-13-9(3)17-8(2)6-10(13)14(11)4;1-7-6-9-11(8(2)14-7)15-10(13)4-5-12(9)3;1-7-5-9-10(8(2)16-7)17-18(13,14)12(4)15-6-11(9)3;1-7-5-9-10(8(2)15-7)16-17(13,14)12(4)6-11(9)3;1-6-5-8(10-3)9(7(2)14-6)15-16(11,12)13-4;1-5-4-7(9-3)8(10)6(2)11-5;1-2-8-4-3-5(6)7;1-2-3;1-2;;;;;/h8-11,13H,5-7H2,1-4H3;4-5,7-9,11H,6H2,1-3H3;7-10H,5-6H2,1-4H3;7-10H,5-6H2,1-4H3;6-10H,5H2,1-4H3;5-10H,4H2,1-3H3;3-4H,2H2,1H3,(H,6,7);2-3H,1H3;2H2,1H3;5*1H4/b;;;;;;4-3+;;;;;;;/t8-,9-,10?,11?,13?;7-,8-,9?,11?;2*7-,8-,9?,10?;6-,7-,8?,9?;5-,6-,7?,8?;;;;;;;;/m000000......../s1. The highest BCUT2D eigenvalue weighted by Crippen LogP contribution is 2.34. The molecule has 10 rings (SSSR count). The molecule has 40 heteroatoms. The first-order chi connectivity index (χ1) is 50.4. The summed E-state index contributed by atoms with van der Waals surface area (Å²) >= 11 is 0. The SMILES string of the molecule is C.C.C.C.C.CCO/C=C/C(=O)O.CCOC1CC(=O)OC2C(C[C@H](C)O[C@H]2C)N1C.CN.CNC1C[C@H](C)O[C@@H](C)C1O.CNC1C[C@H](C)O[C@@H](C)C1OS(=O)(=O)OC.CNO.C[C@@H]1O[C@@H](C)CC2C1OC(=O)C=CN2C.C[C@@H]1O[C@@H](C)CC2C1OS(=O)(=O)N(C)CN2C.C[C@@H]1O[C@@H](C)CC2C1OS(=O)(=O)N(C)OCN2C. The molecule has 676 valence electrons. The van der Waals surface area contributed by atoms with Crippen LogP contribution in [0.5, 0.6) is 0 Å². The Balaban J connectivity index is -0.000000609. The highest BCUT2D eigenvalue weighted by atomic mass is 32.3. The Hall–Kier alpha value is -3.58. The molecule has 0 saturated carbocycles. The van der Waals surface area contributed by atoms with Crippen LogP contribution in [0.15, 0.2) is 24.6 Å². The number of nitrogens with zero attached hydrogens (tertiary/aromatic N) is 6. The fourth-order valence-corrected chi connectivity index (χ4v) is 16.5. The number of ether oxygens (including phenoxy) is 10. The predicted octanol–water partition coefficient (Wildman–Crippen LogP) is 5.20. The molecule has 113 heavy (non-hydrogen) atoms. The molecule has 9 saturated heterocycles. The van der Waals surface area contributed by atoms with Gasteiger partial charge in [-0.3, -0.25) is 32.7 Å². The molecule has 0 bridgehead atoms. The van der Waals surface area contributed by atoms with Gasteiger partial charge in [0.25, 0.3) is 0 Å². The number of hydrogen-bond acceptors (Lipinski definition) is 34. The third kappa shape index (κ3) is 37.7. The number of carbonyl (C=O) groups is 3. The monoisotopic (exact) mass is 1700 g/mol. The van der Waals surface area contributed by atoms with E-state index in [1.165, 1.54) is 38.6 Å². The number of esters is 2. The van der Waals surface area contributed by atoms with Gasteiger partial charge >= 0.3 is 48.9 Å². The number of fused-ring (bicyclic) bond motifs is 4. The van der Waals surface area contributed by atoms with Crippen molar-refractivity contribution in [3.8, 4) is 0 Å². The zero-order chi connectivity index (χ0) is 82.5. The van der Waals surface area contributed by atoms with Crippen LogP contribution in [0.1, 0.15) is 179 Å². The molecule has 0 aromatic carbocycles. The molecule has 0 aromatic heterocycles. The largest absolute Gasteiger partial charge is 0.501 e. The van der Waals surface area contributed by atoms with E-state index >= 15 is 0 Å². The van der Waals surface area contributed by atoms with E-state index in [-0.39, 0.29) is 190 Å². The Kier molecular flexibility index (Phi) is 57.4. The highest BCUT2D eigenvalue weighted by Gasteiger charge is 2.48. The summed E-state index contributed by atoms with van der Waals surface area (Å²) in [6, 6.07) is 0.566. The molecule has 0 amide bonds. The Morgan fingerprint density at radius 2 is 1.02 bits per heavy atom. The van der Waals surface area contributed by atoms with Crippen LogP contribution < -0.4 is 21.8 Å². The van der Waals surface area contributed by atoms with E-state index < -0.39 is 55.3 Å². The lowest BCUT2D eigenvalue weighted by atomic mass is 9.95. The summed E-state index contributed by atoms with van der Waals surface area (Å²) < 4.78 is 146. The second kappa shape index (κ2) is 56.0. The molecule has 10 aliphatic rings. The molecule has 8 N–H and O–H groups in total. The van der Waals surface area contributed by atoms with E-state index in [0.717, 1.165) is 49.6 Å². The Labute approximate surface area is 680 Å². The normalized spacial score (nSPS) is 36.0. The van der Waals surface area contributed by atoms with E-state index in [2.05, 4.69) is 44.0 Å². The van der Waals surface area contributed by atoms with Crippen molar-refractivity contribution in [2.75, 3.05) is 104 Å². The van der Waals surface area contributed by atoms with Gasteiger partial charge in [0.2, 0.25) is 0 Å². The van der Waals surface area contributed by atoms with Gasteiger partial charge in [0.15, 0.2) is 0 Å². The fourth-order valence-electron chi connectivity index (χ4n) is 13.9. The van der Waals surface area contributed by atoms with Crippen molar-refractivity contribution in [2.45, 2.75) is 331 Å². The third-order valence-corrected chi connectivity index (χ3v) is 22.7. The highest BCUT2D eigenvalue weighted by molar-refractivity contribution is 7.84. The summed E-state index contributed by atoms with van der Waals surface area (Å²) in [6.07, 6.45) is 8.10. The molecule has 10 aliphatic heterocycles. The number of carboxylic acids is 1. The number of hydroxylamine groups is 2. The van der Waals surface area contributed by atoms with E-state index in [4.69, 9.17) is 70.3 Å². The minimum Gasteiger partial charge on any atom is -0.501 e. The molecule has 37 nitrogen and oxygen atoms in total. The van der Waals surface area contributed by atoms with E-state index in [1.54, 1.807) is 32.6 Å². The van der Waals surface area contributed by atoms with Crippen molar-refractivity contribution in [3.63, 3.8) is 0 Å². The Bertz CT molecular complexity index is 3020. The van der Waals surface area contributed by atoms with Crippen molar-refractivity contribution in [3.05, 3.63) is 24.6 Å². The maximum atomic E-state index is 11.9.